The number of hydrogen-bond acceptors (Lipinski definition) is 6. The molecule has 30 heavy (non-hydrogen) atoms. The van der Waals surface area contributed by atoms with Crippen LogP contribution >= 0.6 is 0 Å². The molecule has 0 heterocycles. The molecule has 0 N–H and O–H groups in total. The van der Waals surface area contributed by atoms with Crippen LogP contribution in [0.1, 0.15) is 26.3 Å². The molecule has 2 aromatic rings. The highest BCUT2D eigenvalue weighted by molar-refractivity contribution is 5.98. The van der Waals surface area contributed by atoms with Crippen LogP contribution in [0.2, 0.25) is 0 Å². The van der Waals surface area contributed by atoms with Gasteiger partial charge in [-0.2, -0.15) is 5.26 Å². The topological polar surface area (TPSA) is 79.6 Å². The quantitative estimate of drug-likeness (QED) is 0.268. The second kappa shape index (κ2) is 10.8. The van der Waals surface area contributed by atoms with Crippen molar-refractivity contribution >= 4 is 34.5 Å². The van der Waals surface area contributed by atoms with Gasteiger partial charge in [-0.15, -0.1) is 0 Å². The fourth-order valence-corrected chi connectivity index (χ4v) is 2.90. The third-order valence-electron chi connectivity index (χ3n) is 4.53. The SMILES string of the molecule is C=C(C)C(=O)OCCOC(=O)/C(C#N)=C/c1ccc2cc(N(CC)CC)ccc2c1. The number of fused-ring (bicyclic) bond motifs is 1. The minimum absolute atomic E-state index is 0.0962. The predicted molar refractivity (Wildman–Crippen MR) is 118 cm³/mol. The molecule has 0 spiro atoms. The highest BCUT2D eigenvalue weighted by atomic mass is 16.6. The molecular formula is C24H26N2O4. The van der Waals surface area contributed by atoms with Crippen LogP contribution in [0.25, 0.3) is 16.8 Å². The van der Waals surface area contributed by atoms with Crippen molar-refractivity contribution in [3.05, 3.63) is 59.7 Å². The summed E-state index contributed by atoms with van der Waals surface area (Å²) in [5.74, 6) is -1.32. The van der Waals surface area contributed by atoms with Crippen LogP contribution in [0.3, 0.4) is 0 Å². The molecule has 6 heteroatoms. The Labute approximate surface area is 177 Å². The van der Waals surface area contributed by atoms with Crippen LogP contribution in [0.5, 0.6) is 0 Å². The third kappa shape index (κ3) is 5.95. The molecule has 0 radical (unpaired) electrons. The largest absolute Gasteiger partial charge is 0.459 e. The summed E-state index contributed by atoms with van der Waals surface area (Å²) in [6, 6.07) is 13.8. The van der Waals surface area contributed by atoms with E-state index >= 15 is 0 Å². The van der Waals surface area contributed by atoms with Crippen molar-refractivity contribution in [3.8, 4) is 6.07 Å². The summed E-state index contributed by atoms with van der Waals surface area (Å²) in [5.41, 5.74) is 2.02. The lowest BCUT2D eigenvalue weighted by atomic mass is 10.0. The highest BCUT2D eigenvalue weighted by Crippen LogP contribution is 2.24. The maximum absolute atomic E-state index is 12.1. The summed E-state index contributed by atoms with van der Waals surface area (Å²) >= 11 is 0. The second-order valence-corrected chi connectivity index (χ2v) is 6.69. The average molecular weight is 406 g/mol. The Bertz CT molecular complexity index is 1010. The number of ether oxygens (including phenoxy) is 2. The molecule has 0 aliphatic rings. The van der Waals surface area contributed by atoms with E-state index in [1.165, 1.54) is 13.0 Å². The van der Waals surface area contributed by atoms with Crippen LogP contribution in [0.4, 0.5) is 5.69 Å². The Kier molecular flexibility index (Phi) is 8.18. The normalized spacial score (nSPS) is 10.9. The number of carbonyl (C=O) groups is 2. The first-order valence-electron chi connectivity index (χ1n) is 9.79. The van der Waals surface area contributed by atoms with E-state index in [1.807, 2.05) is 30.3 Å². The molecular weight excluding hydrogens is 380 g/mol. The van der Waals surface area contributed by atoms with Gasteiger partial charge in [0.2, 0.25) is 0 Å². The molecule has 0 fully saturated rings. The van der Waals surface area contributed by atoms with Crippen LogP contribution in [-0.4, -0.2) is 38.2 Å². The Balaban J connectivity index is 2.10. The van der Waals surface area contributed by atoms with Crippen LogP contribution in [0, 0.1) is 11.3 Å². The first kappa shape index (κ1) is 22.7. The van der Waals surface area contributed by atoms with Gasteiger partial charge in [0.05, 0.1) is 0 Å². The molecule has 0 unspecified atom stereocenters. The lowest BCUT2D eigenvalue weighted by Gasteiger charge is -2.21. The van der Waals surface area contributed by atoms with Crippen LogP contribution < -0.4 is 4.90 Å². The summed E-state index contributed by atoms with van der Waals surface area (Å²) in [6.07, 6.45) is 1.49. The van der Waals surface area contributed by atoms with E-state index in [0.29, 0.717) is 0 Å². The van der Waals surface area contributed by atoms with E-state index in [-0.39, 0.29) is 24.4 Å². The Morgan fingerprint density at radius 1 is 1.03 bits per heavy atom. The van der Waals surface area contributed by atoms with E-state index < -0.39 is 11.9 Å². The molecule has 0 aliphatic carbocycles. The number of nitrogens with zero attached hydrogens (tertiary/aromatic N) is 2. The maximum Gasteiger partial charge on any atom is 0.349 e. The third-order valence-corrected chi connectivity index (χ3v) is 4.53. The molecule has 0 saturated heterocycles. The van der Waals surface area contributed by atoms with Crippen LogP contribution in [0.15, 0.2) is 54.1 Å². The monoisotopic (exact) mass is 406 g/mol. The van der Waals surface area contributed by atoms with Crippen molar-refractivity contribution in [2.24, 2.45) is 0 Å². The number of rotatable bonds is 9. The Morgan fingerprint density at radius 2 is 1.63 bits per heavy atom. The average Bonchev–Trinajstić information content (AvgIpc) is 2.75. The fraction of sp³-hybridized carbons (Fsp3) is 0.292. The van der Waals surface area contributed by atoms with Gasteiger partial charge in [-0.05, 0) is 61.4 Å². The molecule has 0 amide bonds. The summed E-state index contributed by atoms with van der Waals surface area (Å²) in [7, 11) is 0. The second-order valence-electron chi connectivity index (χ2n) is 6.69. The molecule has 0 bridgehead atoms. The van der Waals surface area contributed by atoms with Crippen molar-refractivity contribution in [2.45, 2.75) is 20.8 Å². The van der Waals surface area contributed by atoms with Gasteiger partial charge >= 0.3 is 11.9 Å². The van der Waals surface area contributed by atoms with Gasteiger partial charge < -0.3 is 14.4 Å². The van der Waals surface area contributed by atoms with Gasteiger partial charge in [-0.25, -0.2) is 9.59 Å². The van der Waals surface area contributed by atoms with Gasteiger partial charge in [0.1, 0.15) is 24.9 Å². The van der Waals surface area contributed by atoms with E-state index in [9.17, 15) is 14.9 Å². The van der Waals surface area contributed by atoms with E-state index in [0.717, 1.165) is 35.1 Å². The number of hydrogen-bond donors (Lipinski definition) is 0. The summed E-state index contributed by atoms with van der Waals surface area (Å²) in [6.45, 7) is 10.9. The minimum atomic E-state index is -0.763. The molecule has 0 aliphatic heterocycles. The number of carbonyl (C=O) groups excluding carboxylic acids is 2. The molecule has 0 atom stereocenters. The van der Waals surface area contributed by atoms with Gasteiger partial charge in [0.15, 0.2) is 0 Å². The number of nitriles is 1. The minimum Gasteiger partial charge on any atom is -0.459 e. The number of benzene rings is 2. The maximum atomic E-state index is 12.1. The van der Waals surface area contributed by atoms with Crippen molar-refractivity contribution in [1.82, 2.24) is 0 Å². The molecule has 0 saturated carbocycles. The fourth-order valence-electron chi connectivity index (χ4n) is 2.90. The van der Waals surface area contributed by atoms with Crippen molar-refractivity contribution in [2.75, 3.05) is 31.2 Å². The first-order chi connectivity index (χ1) is 14.4. The standard InChI is InChI=1S/C24H26N2O4/c1-5-26(6-2)22-10-9-19-13-18(7-8-20(19)15-22)14-21(16-25)24(28)30-12-11-29-23(27)17(3)4/h7-10,13-15H,3,5-6,11-12H2,1-2,4H3/b21-14+. The molecule has 156 valence electrons. The smallest absolute Gasteiger partial charge is 0.349 e. The van der Waals surface area contributed by atoms with Gasteiger partial charge in [0, 0.05) is 24.4 Å². The van der Waals surface area contributed by atoms with Crippen LogP contribution in [-0.2, 0) is 19.1 Å². The molecule has 2 rings (SSSR count). The van der Waals surface area contributed by atoms with Gasteiger partial charge in [-0.1, -0.05) is 24.8 Å². The van der Waals surface area contributed by atoms with Crippen molar-refractivity contribution < 1.29 is 19.1 Å². The Hall–Kier alpha value is -3.59. The zero-order valence-corrected chi connectivity index (χ0v) is 17.6. The zero-order chi connectivity index (χ0) is 22.1. The number of anilines is 1. The summed E-state index contributed by atoms with van der Waals surface area (Å²) in [5, 5.41) is 11.4. The summed E-state index contributed by atoms with van der Waals surface area (Å²) < 4.78 is 9.86. The Morgan fingerprint density at radius 3 is 2.23 bits per heavy atom. The first-order valence-corrected chi connectivity index (χ1v) is 9.79. The van der Waals surface area contributed by atoms with E-state index in [2.05, 4.69) is 37.5 Å². The molecule has 6 nitrogen and oxygen atoms in total. The lowest BCUT2D eigenvalue weighted by molar-refractivity contribution is -0.147. The predicted octanol–water partition coefficient (Wildman–Crippen LogP) is 4.26. The highest BCUT2D eigenvalue weighted by Gasteiger charge is 2.12. The molecule has 0 aromatic heterocycles. The summed E-state index contributed by atoms with van der Waals surface area (Å²) in [4.78, 5) is 25.7. The lowest BCUT2D eigenvalue weighted by Crippen LogP contribution is -2.21. The van der Waals surface area contributed by atoms with E-state index in [4.69, 9.17) is 9.47 Å². The van der Waals surface area contributed by atoms with E-state index in [1.54, 1.807) is 0 Å². The number of esters is 2. The molecule has 2 aromatic carbocycles. The van der Waals surface area contributed by atoms with Gasteiger partial charge in [0.25, 0.3) is 0 Å². The zero-order valence-electron chi connectivity index (χ0n) is 17.6. The van der Waals surface area contributed by atoms with Crippen molar-refractivity contribution in [1.29, 1.82) is 5.26 Å². The van der Waals surface area contributed by atoms with Crippen molar-refractivity contribution in [3.63, 3.8) is 0 Å². The van der Waals surface area contributed by atoms with Gasteiger partial charge in [-0.3, -0.25) is 0 Å².